The van der Waals surface area contributed by atoms with E-state index in [9.17, 15) is 12.8 Å². The maximum absolute atomic E-state index is 13.3. The van der Waals surface area contributed by atoms with Gasteiger partial charge in [0, 0.05) is 12.6 Å². The molecule has 0 amide bonds. The summed E-state index contributed by atoms with van der Waals surface area (Å²) in [6, 6.07) is 12.8. The zero-order chi connectivity index (χ0) is 17.7. The summed E-state index contributed by atoms with van der Waals surface area (Å²) in [4.78, 5) is 0.207. The monoisotopic (exact) mass is 347 g/mol. The standard InChI is InChI=1S/C17H18FN3O2S/c1-12(14-4-6-16(7-5-14)24(22,23)20-2)21-11-13-3-8-17(18)15(9-13)10-19/h3-9,12,20-21H,11H2,1-2H3/t12-/m0/s1. The molecule has 0 aliphatic carbocycles. The molecular weight excluding hydrogens is 329 g/mol. The molecule has 0 aromatic heterocycles. The van der Waals surface area contributed by atoms with E-state index < -0.39 is 15.8 Å². The Labute approximate surface area is 141 Å². The number of hydrogen-bond acceptors (Lipinski definition) is 4. The largest absolute Gasteiger partial charge is 0.306 e. The van der Waals surface area contributed by atoms with Crippen LogP contribution < -0.4 is 10.0 Å². The zero-order valence-electron chi connectivity index (χ0n) is 13.4. The third-order valence-corrected chi connectivity index (χ3v) is 5.15. The number of rotatable bonds is 6. The van der Waals surface area contributed by atoms with Gasteiger partial charge in [-0.05, 0) is 49.4 Å². The molecule has 126 valence electrons. The average Bonchev–Trinajstić information content (AvgIpc) is 2.60. The van der Waals surface area contributed by atoms with E-state index >= 15 is 0 Å². The van der Waals surface area contributed by atoms with Crippen LogP contribution in [0.2, 0.25) is 0 Å². The molecule has 0 saturated carbocycles. The van der Waals surface area contributed by atoms with Gasteiger partial charge < -0.3 is 5.32 Å². The van der Waals surface area contributed by atoms with Gasteiger partial charge in [-0.25, -0.2) is 17.5 Å². The Kier molecular flexibility index (Phi) is 5.67. The summed E-state index contributed by atoms with van der Waals surface area (Å²) in [6.45, 7) is 2.41. The van der Waals surface area contributed by atoms with Crippen molar-refractivity contribution in [3.05, 3.63) is 65.0 Å². The van der Waals surface area contributed by atoms with E-state index in [0.29, 0.717) is 6.54 Å². The first-order valence-corrected chi connectivity index (χ1v) is 8.81. The molecule has 2 aromatic carbocycles. The molecule has 2 N–H and O–H groups in total. The van der Waals surface area contributed by atoms with Crippen molar-refractivity contribution in [3.63, 3.8) is 0 Å². The molecule has 0 unspecified atom stereocenters. The van der Waals surface area contributed by atoms with Crippen molar-refractivity contribution in [3.8, 4) is 6.07 Å². The predicted molar refractivity (Wildman–Crippen MR) is 89.1 cm³/mol. The lowest BCUT2D eigenvalue weighted by molar-refractivity contribution is 0.571. The fourth-order valence-corrected chi connectivity index (χ4v) is 2.94. The number of nitrogens with one attached hydrogen (secondary N) is 2. The van der Waals surface area contributed by atoms with Gasteiger partial charge in [-0.2, -0.15) is 5.26 Å². The average molecular weight is 347 g/mol. The molecule has 5 nitrogen and oxygen atoms in total. The number of nitriles is 1. The second kappa shape index (κ2) is 7.53. The first-order valence-electron chi connectivity index (χ1n) is 7.33. The molecule has 1 atom stereocenters. The van der Waals surface area contributed by atoms with E-state index in [2.05, 4.69) is 10.0 Å². The summed E-state index contributed by atoms with van der Waals surface area (Å²) < 4.78 is 39.0. The van der Waals surface area contributed by atoms with Crippen molar-refractivity contribution in [2.24, 2.45) is 0 Å². The molecule has 0 radical (unpaired) electrons. The van der Waals surface area contributed by atoms with Crippen LogP contribution in [0.3, 0.4) is 0 Å². The number of halogens is 1. The Morgan fingerprint density at radius 1 is 1.21 bits per heavy atom. The summed E-state index contributed by atoms with van der Waals surface area (Å²) in [5.74, 6) is -0.532. The summed E-state index contributed by atoms with van der Waals surface area (Å²) in [5.41, 5.74) is 1.74. The lowest BCUT2D eigenvalue weighted by Crippen LogP contribution is -2.20. The highest BCUT2D eigenvalue weighted by Crippen LogP contribution is 2.17. The molecule has 0 bridgehead atoms. The van der Waals surface area contributed by atoms with Crippen molar-refractivity contribution < 1.29 is 12.8 Å². The number of hydrogen-bond donors (Lipinski definition) is 2. The van der Waals surface area contributed by atoms with Crippen LogP contribution in [-0.4, -0.2) is 15.5 Å². The first kappa shape index (κ1) is 18.1. The molecule has 0 aliphatic rings. The maximum Gasteiger partial charge on any atom is 0.240 e. The minimum Gasteiger partial charge on any atom is -0.306 e. The highest BCUT2D eigenvalue weighted by atomic mass is 32.2. The van der Waals surface area contributed by atoms with Gasteiger partial charge >= 0.3 is 0 Å². The van der Waals surface area contributed by atoms with E-state index in [1.165, 1.54) is 19.2 Å². The number of nitrogens with zero attached hydrogens (tertiary/aromatic N) is 1. The third-order valence-electron chi connectivity index (χ3n) is 3.72. The van der Waals surface area contributed by atoms with Crippen LogP contribution in [0.4, 0.5) is 4.39 Å². The fraction of sp³-hybridized carbons (Fsp3) is 0.235. The molecular formula is C17H18FN3O2S. The predicted octanol–water partition coefficient (Wildman–Crippen LogP) is 2.46. The van der Waals surface area contributed by atoms with Crippen LogP contribution in [0.5, 0.6) is 0 Å². The van der Waals surface area contributed by atoms with E-state index in [-0.39, 0.29) is 16.5 Å². The Balaban J connectivity index is 2.05. The van der Waals surface area contributed by atoms with Crippen molar-refractivity contribution in [1.82, 2.24) is 10.0 Å². The van der Waals surface area contributed by atoms with Crippen LogP contribution in [0.25, 0.3) is 0 Å². The van der Waals surface area contributed by atoms with Gasteiger partial charge in [-0.1, -0.05) is 18.2 Å². The molecule has 24 heavy (non-hydrogen) atoms. The van der Waals surface area contributed by atoms with Crippen molar-refractivity contribution in [1.29, 1.82) is 5.26 Å². The lowest BCUT2D eigenvalue weighted by Gasteiger charge is -2.15. The second-order valence-corrected chi connectivity index (χ2v) is 7.19. The second-order valence-electron chi connectivity index (χ2n) is 5.31. The Hall–Kier alpha value is -2.27. The highest BCUT2D eigenvalue weighted by Gasteiger charge is 2.12. The van der Waals surface area contributed by atoms with Crippen molar-refractivity contribution in [2.45, 2.75) is 24.4 Å². The third kappa shape index (κ3) is 4.17. The molecule has 0 spiro atoms. The van der Waals surface area contributed by atoms with Crippen molar-refractivity contribution in [2.75, 3.05) is 7.05 Å². The molecule has 0 heterocycles. The first-order chi connectivity index (χ1) is 11.4. The van der Waals surface area contributed by atoms with Gasteiger partial charge in [0.05, 0.1) is 10.5 Å². The molecule has 0 saturated heterocycles. The molecule has 2 rings (SSSR count). The van der Waals surface area contributed by atoms with Crippen LogP contribution >= 0.6 is 0 Å². The highest BCUT2D eigenvalue weighted by molar-refractivity contribution is 7.89. The SMILES string of the molecule is CNS(=O)(=O)c1ccc([C@H](C)NCc2ccc(F)c(C#N)c2)cc1. The summed E-state index contributed by atoms with van der Waals surface area (Å²) >= 11 is 0. The van der Waals surface area contributed by atoms with Gasteiger partial charge in [0.1, 0.15) is 11.9 Å². The van der Waals surface area contributed by atoms with E-state index in [0.717, 1.165) is 11.1 Å². The van der Waals surface area contributed by atoms with Gasteiger partial charge in [0.2, 0.25) is 10.0 Å². The maximum atomic E-state index is 13.3. The minimum absolute atomic E-state index is 0.0172. The molecule has 2 aromatic rings. The van der Waals surface area contributed by atoms with Gasteiger partial charge in [-0.15, -0.1) is 0 Å². The van der Waals surface area contributed by atoms with Gasteiger partial charge in [0.25, 0.3) is 0 Å². The molecule has 7 heteroatoms. The molecule has 0 aliphatic heterocycles. The smallest absolute Gasteiger partial charge is 0.240 e. The molecule has 0 fully saturated rings. The normalized spacial score (nSPS) is 12.6. The quantitative estimate of drug-likeness (QED) is 0.841. The van der Waals surface area contributed by atoms with Gasteiger partial charge in [-0.3, -0.25) is 0 Å². The number of sulfonamides is 1. The van der Waals surface area contributed by atoms with E-state index in [1.807, 2.05) is 13.0 Å². The Morgan fingerprint density at radius 3 is 2.46 bits per heavy atom. The van der Waals surface area contributed by atoms with Crippen LogP contribution in [0.1, 0.15) is 29.7 Å². The summed E-state index contributed by atoms with van der Waals surface area (Å²) in [7, 11) is -2.08. The fourth-order valence-electron chi connectivity index (χ4n) is 2.21. The van der Waals surface area contributed by atoms with E-state index in [4.69, 9.17) is 5.26 Å². The van der Waals surface area contributed by atoms with Gasteiger partial charge in [0.15, 0.2) is 0 Å². The van der Waals surface area contributed by atoms with Crippen LogP contribution in [0, 0.1) is 17.1 Å². The zero-order valence-corrected chi connectivity index (χ0v) is 14.2. The summed E-state index contributed by atoms with van der Waals surface area (Å²) in [6.07, 6.45) is 0. The summed E-state index contributed by atoms with van der Waals surface area (Å²) in [5, 5.41) is 12.1. The van der Waals surface area contributed by atoms with Crippen LogP contribution in [0.15, 0.2) is 47.4 Å². The Bertz CT molecular complexity index is 858. The van der Waals surface area contributed by atoms with Crippen molar-refractivity contribution >= 4 is 10.0 Å². The number of benzene rings is 2. The van der Waals surface area contributed by atoms with E-state index in [1.54, 1.807) is 30.3 Å². The minimum atomic E-state index is -3.44. The van der Waals surface area contributed by atoms with Crippen LogP contribution in [-0.2, 0) is 16.6 Å². The lowest BCUT2D eigenvalue weighted by atomic mass is 10.1. The Morgan fingerprint density at radius 2 is 1.88 bits per heavy atom. The topological polar surface area (TPSA) is 82.0 Å².